The monoisotopic (exact) mass is 216 g/mol. The van der Waals surface area contributed by atoms with Crippen LogP contribution in [-0.2, 0) is 9.53 Å². The molecule has 88 valence electrons. The van der Waals surface area contributed by atoms with E-state index in [-0.39, 0.29) is 5.91 Å². The van der Waals surface area contributed by atoms with E-state index >= 15 is 0 Å². The van der Waals surface area contributed by atoms with Gasteiger partial charge in [-0.1, -0.05) is 6.92 Å². The van der Waals surface area contributed by atoms with Crippen molar-refractivity contribution in [2.24, 2.45) is 0 Å². The molecule has 0 aromatic carbocycles. The molecule has 0 aliphatic carbocycles. The molecule has 1 atom stereocenters. The second-order valence-electron chi connectivity index (χ2n) is 4.22. The van der Waals surface area contributed by atoms with E-state index in [0.717, 1.165) is 0 Å². The normalized spacial score (nSPS) is 12.9. The van der Waals surface area contributed by atoms with Gasteiger partial charge >= 0.3 is 6.09 Å². The first-order valence-corrected chi connectivity index (χ1v) is 5.01. The van der Waals surface area contributed by atoms with Crippen LogP contribution in [-0.4, -0.2) is 30.7 Å². The molecule has 5 heteroatoms. The number of carbonyl (C=O) groups is 2. The third kappa shape index (κ3) is 5.93. The van der Waals surface area contributed by atoms with E-state index in [1.807, 2.05) is 6.92 Å². The van der Waals surface area contributed by atoms with E-state index in [9.17, 15) is 9.59 Å². The molecule has 0 fully saturated rings. The largest absolute Gasteiger partial charge is 0.444 e. The summed E-state index contributed by atoms with van der Waals surface area (Å²) in [6.45, 7) is 7.13. The Labute approximate surface area is 90.6 Å². The van der Waals surface area contributed by atoms with Crippen molar-refractivity contribution in [3.05, 3.63) is 0 Å². The second kappa shape index (κ2) is 5.58. The van der Waals surface area contributed by atoms with Gasteiger partial charge in [-0.05, 0) is 27.2 Å². The molecule has 0 saturated heterocycles. The predicted molar refractivity (Wildman–Crippen MR) is 57.5 cm³/mol. The van der Waals surface area contributed by atoms with E-state index in [0.29, 0.717) is 6.42 Å². The van der Waals surface area contributed by atoms with Gasteiger partial charge in [-0.15, -0.1) is 0 Å². The van der Waals surface area contributed by atoms with Crippen LogP contribution >= 0.6 is 0 Å². The maximum atomic E-state index is 11.3. The third-order valence-electron chi connectivity index (χ3n) is 1.66. The molecular weight excluding hydrogens is 196 g/mol. The van der Waals surface area contributed by atoms with E-state index in [2.05, 4.69) is 10.6 Å². The summed E-state index contributed by atoms with van der Waals surface area (Å²) in [4.78, 5) is 22.6. The Morgan fingerprint density at radius 2 is 1.87 bits per heavy atom. The Kier molecular flexibility index (Phi) is 5.11. The summed E-state index contributed by atoms with van der Waals surface area (Å²) in [5, 5.41) is 4.98. The van der Waals surface area contributed by atoms with Gasteiger partial charge in [0.05, 0.1) is 0 Å². The van der Waals surface area contributed by atoms with E-state index in [1.54, 1.807) is 20.8 Å². The number of likely N-dealkylation sites (N-methyl/N-ethyl adjacent to an activating group) is 1. The lowest BCUT2D eigenvalue weighted by atomic mass is 10.2. The van der Waals surface area contributed by atoms with Crippen LogP contribution in [0.5, 0.6) is 0 Å². The van der Waals surface area contributed by atoms with Crippen LogP contribution in [0, 0.1) is 0 Å². The Balaban J connectivity index is 4.20. The van der Waals surface area contributed by atoms with Crippen LogP contribution < -0.4 is 10.6 Å². The second-order valence-corrected chi connectivity index (χ2v) is 4.22. The first-order chi connectivity index (χ1) is 6.80. The van der Waals surface area contributed by atoms with Crippen molar-refractivity contribution >= 4 is 12.0 Å². The van der Waals surface area contributed by atoms with Gasteiger partial charge in [0.2, 0.25) is 5.91 Å². The van der Waals surface area contributed by atoms with Crippen LogP contribution in [0.25, 0.3) is 0 Å². The van der Waals surface area contributed by atoms with Crippen LogP contribution in [0.4, 0.5) is 4.79 Å². The van der Waals surface area contributed by atoms with Crippen LogP contribution in [0.3, 0.4) is 0 Å². The van der Waals surface area contributed by atoms with Gasteiger partial charge < -0.3 is 15.4 Å². The maximum Gasteiger partial charge on any atom is 0.408 e. The summed E-state index contributed by atoms with van der Waals surface area (Å²) in [6.07, 6.45) is -0.0446. The molecule has 0 bridgehead atoms. The molecule has 5 nitrogen and oxygen atoms in total. The molecule has 0 heterocycles. The minimum atomic E-state index is -0.571. The molecule has 0 aliphatic rings. The molecule has 0 aromatic heterocycles. The number of ether oxygens (including phenoxy) is 1. The zero-order chi connectivity index (χ0) is 12.1. The fraction of sp³-hybridized carbons (Fsp3) is 0.800. The van der Waals surface area contributed by atoms with Gasteiger partial charge in [-0.25, -0.2) is 4.79 Å². The molecule has 0 spiro atoms. The topological polar surface area (TPSA) is 67.4 Å². The molecule has 2 amide bonds. The number of nitrogens with one attached hydrogen (secondary N) is 2. The number of hydrogen-bond donors (Lipinski definition) is 2. The summed E-state index contributed by atoms with van der Waals surface area (Å²) in [5.74, 6) is -0.219. The summed E-state index contributed by atoms with van der Waals surface area (Å²) in [6, 6.07) is -0.537. The zero-order valence-electron chi connectivity index (χ0n) is 10.0. The molecule has 15 heavy (non-hydrogen) atoms. The van der Waals surface area contributed by atoms with Crippen LogP contribution in [0.2, 0.25) is 0 Å². The predicted octanol–water partition coefficient (Wildman–Crippen LogP) is 1.04. The first-order valence-electron chi connectivity index (χ1n) is 5.01. The van der Waals surface area contributed by atoms with Gasteiger partial charge in [0.15, 0.2) is 0 Å². The van der Waals surface area contributed by atoms with Crippen molar-refractivity contribution in [2.75, 3.05) is 7.05 Å². The Morgan fingerprint density at radius 1 is 1.33 bits per heavy atom. The zero-order valence-corrected chi connectivity index (χ0v) is 10.0. The number of amides is 2. The standard InChI is InChI=1S/C10H20N2O3/c1-6-7(8(13)11-5)12-9(14)15-10(2,3)4/h7H,6H2,1-5H3,(H,11,13)(H,12,14)/t7-/m0/s1. The quantitative estimate of drug-likeness (QED) is 0.740. The smallest absolute Gasteiger partial charge is 0.408 e. The minimum absolute atomic E-state index is 0.219. The highest BCUT2D eigenvalue weighted by Crippen LogP contribution is 2.07. The lowest BCUT2D eigenvalue weighted by Gasteiger charge is -2.22. The molecule has 0 radical (unpaired) electrons. The fourth-order valence-corrected chi connectivity index (χ4v) is 0.977. The van der Waals surface area contributed by atoms with Crippen LogP contribution in [0.15, 0.2) is 0 Å². The van der Waals surface area contributed by atoms with Gasteiger partial charge in [-0.3, -0.25) is 4.79 Å². The molecule has 0 saturated carbocycles. The Hall–Kier alpha value is -1.26. The average molecular weight is 216 g/mol. The molecule has 0 aromatic rings. The highest BCUT2D eigenvalue weighted by molar-refractivity contribution is 5.85. The minimum Gasteiger partial charge on any atom is -0.444 e. The van der Waals surface area contributed by atoms with Crippen LogP contribution in [0.1, 0.15) is 34.1 Å². The molecule has 0 aliphatic heterocycles. The SMILES string of the molecule is CC[C@H](NC(=O)OC(C)(C)C)C(=O)NC. The van der Waals surface area contributed by atoms with Crippen molar-refractivity contribution in [3.63, 3.8) is 0 Å². The summed E-state index contributed by atoms with van der Waals surface area (Å²) < 4.78 is 5.03. The number of hydrogen-bond acceptors (Lipinski definition) is 3. The van der Waals surface area contributed by atoms with Crippen molar-refractivity contribution < 1.29 is 14.3 Å². The van der Waals surface area contributed by atoms with Gasteiger partial charge in [0.25, 0.3) is 0 Å². The molecule has 0 rings (SSSR count). The number of alkyl carbamates (subject to hydrolysis) is 1. The highest BCUT2D eigenvalue weighted by Gasteiger charge is 2.21. The van der Waals surface area contributed by atoms with Crippen molar-refractivity contribution in [1.29, 1.82) is 0 Å². The van der Waals surface area contributed by atoms with Gasteiger partial charge in [-0.2, -0.15) is 0 Å². The lowest BCUT2D eigenvalue weighted by molar-refractivity contribution is -0.122. The molecule has 0 unspecified atom stereocenters. The van der Waals surface area contributed by atoms with E-state index in [4.69, 9.17) is 4.74 Å². The van der Waals surface area contributed by atoms with Crippen molar-refractivity contribution in [2.45, 2.75) is 45.8 Å². The number of rotatable bonds is 3. The summed E-state index contributed by atoms with van der Waals surface area (Å²) >= 11 is 0. The maximum absolute atomic E-state index is 11.3. The van der Waals surface area contributed by atoms with E-state index < -0.39 is 17.7 Å². The fourth-order valence-electron chi connectivity index (χ4n) is 0.977. The van der Waals surface area contributed by atoms with Gasteiger partial charge in [0.1, 0.15) is 11.6 Å². The van der Waals surface area contributed by atoms with Crippen molar-refractivity contribution in [3.8, 4) is 0 Å². The first kappa shape index (κ1) is 13.7. The number of carbonyl (C=O) groups excluding carboxylic acids is 2. The Morgan fingerprint density at radius 3 is 2.20 bits per heavy atom. The lowest BCUT2D eigenvalue weighted by Crippen LogP contribution is -2.46. The van der Waals surface area contributed by atoms with E-state index in [1.165, 1.54) is 7.05 Å². The summed E-state index contributed by atoms with van der Waals surface area (Å²) in [5.41, 5.74) is -0.551. The van der Waals surface area contributed by atoms with Gasteiger partial charge in [0, 0.05) is 7.05 Å². The summed E-state index contributed by atoms with van der Waals surface area (Å²) in [7, 11) is 1.53. The van der Waals surface area contributed by atoms with Crippen molar-refractivity contribution in [1.82, 2.24) is 10.6 Å². The highest BCUT2D eigenvalue weighted by atomic mass is 16.6. The molecular formula is C10H20N2O3. The Bertz CT molecular complexity index is 233. The molecule has 2 N–H and O–H groups in total. The average Bonchev–Trinajstić information content (AvgIpc) is 2.10. The third-order valence-corrected chi connectivity index (χ3v) is 1.66.